The zero-order valence-electron chi connectivity index (χ0n) is 20.2. The molecule has 1 heterocycles. The van der Waals surface area contributed by atoms with Gasteiger partial charge in [-0.15, -0.1) is 0 Å². The zero-order chi connectivity index (χ0) is 24.9. The fraction of sp³-hybridized carbons (Fsp3) is 0.321. The van der Waals surface area contributed by atoms with Crippen LogP contribution in [0.15, 0.2) is 60.7 Å². The van der Waals surface area contributed by atoms with Crippen LogP contribution in [0.1, 0.15) is 46.4 Å². The van der Waals surface area contributed by atoms with E-state index in [1.54, 1.807) is 38.5 Å². The van der Waals surface area contributed by atoms with Gasteiger partial charge in [0, 0.05) is 29.7 Å². The van der Waals surface area contributed by atoms with Gasteiger partial charge in [0.05, 0.1) is 20.3 Å². The molecule has 1 aliphatic rings. The standard InChI is InChI=1S/C28H30ClFN2O3/c1-4-24(31-28(33)19-7-9-21(29)10-8-19)27-23-16-26(35-3)25(34-2)15-20(23)13-14-32(27)17-18-5-11-22(30)12-6-18/h5-12,15-16,24,27H,4,13-14,17H2,1-3H3,(H,31,33). The minimum Gasteiger partial charge on any atom is -0.493 e. The van der Waals surface area contributed by atoms with Crippen molar-refractivity contribution < 1.29 is 18.7 Å². The van der Waals surface area contributed by atoms with Gasteiger partial charge >= 0.3 is 0 Å². The van der Waals surface area contributed by atoms with Crippen molar-refractivity contribution in [2.75, 3.05) is 20.8 Å². The number of carbonyl (C=O) groups excluding carboxylic acids is 1. The van der Waals surface area contributed by atoms with Crippen LogP contribution in [0.4, 0.5) is 4.39 Å². The number of hydrogen-bond donors (Lipinski definition) is 1. The molecule has 7 heteroatoms. The fourth-order valence-electron chi connectivity index (χ4n) is 4.76. The molecule has 0 aliphatic carbocycles. The van der Waals surface area contributed by atoms with Gasteiger partial charge in [-0.2, -0.15) is 0 Å². The molecule has 0 spiro atoms. The third-order valence-electron chi connectivity index (χ3n) is 6.57. The van der Waals surface area contributed by atoms with Gasteiger partial charge in [0.2, 0.25) is 0 Å². The Morgan fingerprint density at radius 1 is 1.09 bits per heavy atom. The highest BCUT2D eigenvalue weighted by Gasteiger charge is 2.35. The molecule has 0 aromatic heterocycles. The molecular weight excluding hydrogens is 467 g/mol. The molecule has 35 heavy (non-hydrogen) atoms. The van der Waals surface area contributed by atoms with Crippen LogP contribution in [0.25, 0.3) is 0 Å². The van der Waals surface area contributed by atoms with Crippen LogP contribution in [0.5, 0.6) is 11.5 Å². The Labute approximate surface area is 210 Å². The molecule has 0 radical (unpaired) electrons. The summed E-state index contributed by atoms with van der Waals surface area (Å²) in [6, 6.07) is 17.2. The summed E-state index contributed by atoms with van der Waals surface area (Å²) in [5, 5.41) is 3.83. The minimum absolute atomic E-state index is 0.107. The van der Waals surface area contributed by atoms with E-state index in [2.05, 4.69) is 17.1 Å². The number of ether oxygens (including phenoxy) is 2. The first-order chi connectivity index (χ1) is 16.9. The lowest BCUT2D eigenvalue weighted by Crippen LogP contribution is -2.48. The van der Waals surface area contributed by atoms with E-state index in [4.69, 9.17) is 21.1 Å². The molecule has 0 saturated carbocycles. The number of methoxy groups -OCH3 is 2. The maximum atomic E-state index is 13.5. The number of benzene rings is 3. The summed E-state index contributed by atoms with van der Waals surface area (Å²) in [6.07, 6.45) is 1.55. The second-order valence-corrected chi connectivity index (χ2v) is 9.13. The molecule has 0 saturated heterocycles. The number of nitrogens with zero attached hydrogens (tertiary/aromatic N) is 1. The highest BCUT2D eigenvalue weighted by molar-refractivity contribution is 6.30. The van der Waals surface area contributed by atoms with Gasteiger partial charge < -0.3 is 14.8 Å². The van der Waals surface area contributed by atoms with E-state index in [0.717, 1.165) is 30.5 Å². The highest BCUT2D eigenvalue weighted by atomic mass is 35.5. The first-order valence-electron chi connectivity index (χ1n) is 11.7. The topological polar surface area (TPSA) is 50.8 Å². The van der Waals surface area contributed by atoms with Gasteiger partial charge in [-0.25, -0.2) is 4.39 Å². The molecular formula is C28H30ClFN2O3. The lowest BCUT2D eigenvalue weighted by Gasteiger charge is -2.42. The second kappa shape index (κ2) is 11.1. The molecule has 3 aromatic carbocycles. The van der Waals surface area contributed by atoms with Crippen LogP contribution in [0.2, 0.25) is 5.02 Å². The largest absolute Gasteiger partial charge is 0.493 e. The lowest BCUT2D eigenvalue weighted by atomic mass is 9.86. The number of carbonyl (C=O) groups is 1. The average molecular weight is 497 g/mol. The predicted octanol–water partition coefficient (Wildman–Crippen LogP) is 5.80. The number of nitrogens with one attached hydrogen (secondary N) is 1. The van der Waals surface area contributed by atoms with Gasteiger partial charge in [0.1, 0.15) is 5.82 Å². The van der Waals surface area contributed by atoms with E-state index in [1.165, 1.54) is 17.7 Å². The summed E-state index contributed by atoms with van der Waals surface area (Å²) in [5.74, 6) is 0.935. The Hall–Kier alpha value is -3.09. The van der Waals surface area contributed by atoms with Crippen LogP contribution in [0.3, 0.4) is 0 Å². The molecule has 4 rings (SSSR count). The predicted molar refractivity (Wildman–Crippen MR) is 136 cm³/mol. The SMILES string of the molecule is CCC(NC(=O)c1ccc(Cl)cc1)C1c2cc(OC)c(OC)cc2CCN1Cc1ccc(F)cc1. The first-order valence-corrected chi connectivity index (χ1v) is 12.1. The van der Waals surface area contributed by atoms with E-state index < -0.39 is 0 Å². The van der Waals surface area contributed by atoms with E-state index in [0.29, 0.717) is 28.6 Å². The molecule has 184 valence electrons. The smallest absolute Gasteiger partial charge is 0.251 e. The average Bonchev–Trinajstić information content (AvgIpc) is 2.88. The molecule has 2 atom stereocenters. The summed E-state index contributed by atoms with van der Waals surface area (Å²) in [4.78, 5) is 15.5. The van der Waals surface area contributed by atoms with Crippen molar-refractivity contribution in [1.29, 1.82) is 0 Å². The minimum atomic E-state index is -0.257. The van der Waals surface area contributed by atoms with Gasteiger partial charge in [-0.05, 0) is 78.1 Å². The van der Waals surface area contributed by atoms with Crippen molar-refractivity contribution in [3.8, 4) is 11.5 Å². The summed E-state index contributed by atoms with van der Waals surface area (Å²) >= 11 is 6.00. The Kier molecular flexibility index (Phi) is 7.93. The van der Waals surface area contributed by atoms with Crippen molar-refractivity contribution in [2.45, 2.75) is 38.4 Å². The van der Waals surface area contributed by atoms with Crippen LogP contribution < -0.4 is 14.8 Å². The zero-order valence-corrected chi connectivity index (χ0v) is 20.9. The van der Waals surface area contributed by atoms with E-state index in [9.17, 15) is 9.18 Å². The maximum Gasteiger partial charge on any atom is 0.251 e. The van der Waals surface area contributed by atoms with Gasteiger partial charge in [-0.1, -0.05) is 30.7 Å². The summed E-state index contributed by atoms with van der Waals surface area (Å²) in [6.45, 7) is 3.49. The second-order valence-electron chi connectivity index (χ2n) is 8.69. The Bertz CT molecular complexity index is 1170. The van der Waals surface area contributed by atoms with E-state index in [-0.39, 0.29) is 23.8 Å². The van der Waals surface area contributed by atoms with E-state index >= 15 is 0 Å². The quantitative estimate of drug-likeness (QED) is 0.428. The van der Waals surface area contributed by atoms with Crippen molar-refractivity contribution >= 4 is 17.5 Å². The van der Waals surface area contributed by atoms with Gasteiger partial charge in [-0.3, -0.25) is 9.69 Å². The number of rotatable bonds is 8. The van der Waals surface area contributed by atoms with Crippen LogP contribution in [-0.4, -0.2) is 37.6 Å². The molecule has 0 fully saturated rings. The summed E-state index contributed by atoms with van der Waals surface area (Å²) < 4.78 is 24.7. The number of fused-ring (bicyclic) bond motifs is 1. The summed E-state index contributed by atoms with van der Waals surface area (Å²) in [7, 11) is 3.25. The van der Waals surface area contributed by atoms with Crippen molar-refractivity contribution in [2.24, 2.45) is 0 Å². The van der Waals surface area contributed by atoms with Gasteiger partial charge in [0.15, 0.2) is 11.5 Å². The van der Waals surface area contributed by atoms with Crippen LogP contribution >= 0.6 is 11.6 Å². The number of halogens is 2. The molecule has 2 unspecified atom stereocenters. The normalized spacial score (nSPS) is 16.3. The highest BCUT2D eigenvalue weighted by Crippen LogP contribution is 2.40. The maximum absolute atomic E-state index is 13.5. The van der Waals surface area contributed by atoms with Crippen molar-refractivity contribution in [1.82, 2.24) is 10.2 Å². The summed E-state index contributed by atoms with van der Waals surface area (Å²) in [5.41, 5.74) is 3.84. The van der Waals surface area contributed by atoms with Crippen molar-refractivity contribution in [3.05, 3.63) is 93.8 Å². The molecule has 5 nitrogen and oxygen atoms in total. The Morgan fingerprint density at radius 2 is 1.74 bits per heavy atom. The molecule has 1 N–H and O–H groups in total. The monoisotopic (exact) mass is 496 g/mol. The molecule has 0 bridgehead atoms. The Morgan fingerprint density at radius 3 is 2.37 bits per heavy atom. The number of hydrogen-bond acceptors (Lipinski definition) is 4. The molecule has 3 aromatic rings. The lowest BCUT2D eigenvalue weighted by molar-refractivity contribution is 0.0859. The molecule has 1 amide bonds. The third kappa shape index (κ3) is 5.60. The number of amides is 1. The van der Waals surface area contributed by atoms with Gasteiger partial charge in [0.25, 0.3) is 5.91 Å². The first kappa shape index (κ1) is 25.0. The van der Waals surface area contributed by atoms with E-state index in [1.807, 2.05) is 24.3 Å². The van der Waals surface area contributed by atoms with Crippen molar-refractivity contribution in [3.63, 3.8) is 0 Å². The van der Waals surface area contributed by atoms with Crippen LogP contribution in [-0.2, 0) is 13.0 Å². The molecule has 1 aliphatic heterocycles. The third-order valence-corrected chi connectivity index (χ3v) is 6.82. The fourth-order valence-corrected chi connectivity index (χ4v) is 4.88. The van der Waals surface area contributed by atoms with Crippen LogP contribution in [0, 0.1) is 5.82 Å². The Balaban J connectivity index is 1.71.